The third-order valence-electron chi connectivity index (χ3n) is 5.59. The van der Waals surface area contributed by atoms with Gasteiger partial charge < -0.3 is 35.9 Å². The highest BCUT2D eigenvalue weighted by molar-refractivity contribution is 6.37. The molecular formula is C25H49BN4O7. The highest BCUT2D eigenvalue weighted by Crippen LogP contribution is 2.10. The molecule has 0 radical (unpaired) electrons. The molecule has 37 heavy (non-hydrogen) atoms. The Morgan fingerprint density at radius 2 is 1.38 bits per heavy atom. The molecule has 0 saturated carbocycles. The molecule has 0 heterocycles. The molecule has 5 N–H and O–H groups in total. The van der Waals surface area contributed by atoms with Crippen LogP contribution < -0.4 is 21.7 Å². The Hall–Kier alpha value is -2.50. The number of amides is 3. The summed E-state index contributed by atoms with van der Waals surface area (Å²) in [6.45, 7) is 12.0. The Bertz CT molecular complexity index is 714. The number of alkyl carbamates (subject to hydrolysis) is 2. The fourth-order valence-corrected chi connectivity index (χ4v) is 3.24. The van der Waals surface area contributed by atoms with Crippen molar-refractivity contribution >= 4 is 31.3 Å². The summed E-state index contributed by atoms with van der Waals surface area (Å²) in [4.78, 5) is 47.8. The first-order valence-corrected chi connectivity index (χ1v) is 13.2. The van der Waals surface area contributed by atoms with Crippen molar-refractivity contribution in [2.75, 3.05) is 20.2 Å². The normalized spacial score (nSPS) is 13.1. The number of ether oxygens (including phenoxy) is 3. The monoisotopic (exact) mass is 528 g/mol. The van der Waals surface area contributed by atoms with Crippen molar-refractivity contribution in [1.29, 1.82) is 0 Å². The number of carbonyl (C=O) groups is 4. The van der Waals surface area contributed by atoms with Gasteiger partial charge >= 0.3 is 18.2 Å². The molecule has 0 spiro atoms. The number of carbonyl (C=O) groups excluding carboxylic acids is 4. The van der Waals surface area contributed by atoms with Gasteiger partial charge in [0.2, 0.25) is 5.91 Å². The largest absolute Gasteiger partial charge is 0.469 e. The number of methoxy groups -OCH3 is 1. The zero-order valence-electron chi connectivity index (χ0n) is 23.9. The third kappa shape index (κ3) is 20.3. The molecule has 2 atom stereocenters. The summed E-state index contributed by atoms with van der Waals surface area (Å²) >= 11 is 0. The summed E-state index contributed by atoms with van der Waals surface area (Å²) in [5, 5.41) is 8.30. The molecule has 2 unspecified atom stereocenters. The van der Waals surface area contributed by atoms with Gasteiger partial charge in [0.05, 0.1) is 19.0 Å². The van der Waals surface area contributed by atoms with Crippen LogP contribution in [0.5, 0.6) is 0 Å². The van der Waals surface area contributed by atoms with E-state index in [1.165, 1.54) is 7.11 Å². The van der Waals surface area contributed by atoms with E-state index in [1.807, 2.05) is 20.7 Å². The summed E-state index contributed by atoms with van der Waals surface area (Å²) in [5.41, 5.74) is 5.05. The van der Waals surface area contributed by atoms with E-state index in [0.717, 1.165) is 12.8 Å². The van der Waals surface area contributed by atoms with Crippen molar-refractivity contribution in [1.82, 2.24) is 16.0 Å². The van der Waals surface area contributed by atoms with Gasteiger partial charge in [-0.05, 0) is 66.7 Å². The number of hydrogen-bond donors (Lipinski definition) is 4. The number of esters is 1. The maximum atomic E-state index is 12.5. The molecule has 12 heteroatoms. The summed E-state index contributed by atoms with van der Waals surface area (Å²) in [6.07, 6.45) is 3.31. The molecule has 0 aromatic heterocycles. The molecule has 0 aromatic carbocycles. The average molecular weight is 529 g/mol. The quantitative estimate of drug-likeness (QED) is 0.0971. The second kappa shape index (κ2) is 17.9. The van der Waals surface area contributed by atoms with E-state index in [1.54, 1.807) is 20.8 Å². The van der Waals surface area contributed by atoms with Crippen molar-refractivity contribution in [3.63, 3.8) is 0 Å². The highest BCUT2D eigenvalue weighted by atomic mass is 16.6. The second-order valence-electron chi connectivity index (χ2n) is 10.9. The first kappa shape index (κ1) is 34.5. The number of nitrogens with two attached hydrogens (primary N) is 1. The van der Waals surface area contributed by atoms with Crippen molar-refractivity contribution in [2.24, 2.45) is 5.73 Å². The third-order valence-corrected chi connectivity index (χ3v) is 5.59. The molecule has 3 amide bonds. The summed E-state index contributed by atoms with van der Waals surface area (Å²) < 4.78 is 15.3. The Morgan fingerprint density at radius 3 is 1.89 bits per heavy atom. The molecule has 0 aliphatic carbocycles. The minimum absolute atomic E-state index is 0.0635. The van der Waals surface area contributed by atoms with Crippen LogP contribution in [-0.2, 0) is 23.8 Å². The van der Waals surface area contributed by atoms with Crippen molar-refractivity contribution in [3.05, 3.63) is 0 Å². The van der Waals surface area contributed by atoms with Gasteiger partial charge in [0.15, 0.2) is 7.28 Å². The Morgan fingerprint density at radius 1 is 0.838 bits per heavy atom. The van der Waals surface area contributed by atoms with Gasteiger partial charge in [-0.1, -0.05) is 13.2 Å². The Balaban J connectivity index is 4.31. The van der Waals surface area contributed by atoms with E-state index >= 15 is 0 Å². The zero-order valence-corrected chi connectivity index (χ0v) is 23.9. The maximum Gasteiger partial charge on any atom is 0.407 e. The molecule has 0 rings (SSSR count). The summed E-state index contributed by atoms with van der Waals surface area (Å²) in [5.74, 6) is -0.632. The lowest BCUT2D eigenvalue weighted by atomic mass is 9.65. The minimum atomic E-state index is -0.540. The molecule has 0 saturated heterocycles. The van der Waals surface area contributed by atoms with E-state index < -0.39 is 29.3 Å². The van der Waals surface area contributed by atoms with Gasteiger partial charge in [0.25, 0.3) is 0 Å². The van der Waals surface area contributed by atoms with E-state index in [0.29, 0.717) is 46.1 Å². The van der Waals surface area contributed by atoms with Gasteiger partial charge in [-0.3, -0.25) is 9.59 Å². The zero-order chi connectivity index (χ0) is 28.5. The molecule has 0 fully saturated rings. The van der Waals surface area contributed by atoms with E-state index in [-0.39, 0.29) is 30.8 Å². The first-order chi connectivity index (χ1) is 17.2. The predicted octanol–water partition coefficient (Wildman–Crippen LogP) is 2.56. The van der Waals surface area contributed by atoms with Crippen LogP contribution in [0.25, 0.3) is 0 Å². The lowest BCUT2D eigenvalue weighted by Gasteiger charge is -2.23. The minimum Gasteiger partial charge on any atom is -0.469 e. The lowest BCUT2D eigenvalue weighted by Crippen LogP contribution is -2.40. The number of rotatable bonds is 17. The maximum absolute atomic E-state index is 12.5. The number of nitrogens with one attached hydrogen (secondary N) is 3. The van der Waals surface area contributed by atoms with Crippen LogP contribution in [0, 0.1) is 0 Å². The van der Waals surface area contributed by atoms with Gasteiger partial charge in [-0.15, -0.1) is 0 Å². The number of unbranched alkanes of at least 4 members (excludes halogenated alkanes) is 2. The Labute approximate surface area is 222 Å². The van der Waals surface area contributed by atoms with Crippen LogP contribution in [0.15, 0.2) is 0 Å². The van der Waals surface area contributed by atoms with Gasteiger partial charge in [0, 0.05) is 31.6 Å². The van der Waals surface area contributed by atoms with Crippen LogP contribution in [0.4, 0.5) is 9.59 Å². The molecule has 0 aliphatic heterocycles. The highest BCUT2D eigenvalue weighted by Gasteiger charge is 2.21. The van der Waals surface area contributed by atoms with E-state index in [4.69, 9.17) is 19.9 Å². The topological polar surface area (TPSA) is 158 Å². The average Bonchev–Trinajstić information content (AvgIpc) is 2.76. The molecule has 0 bridgehead atoms. The fourth-order valence-electron chi connectivity index (χ4n) is 3.24. The molecule has 214 valence electrons. The molecule has 11 nitrogen and oxygen atoms in total. The number of hydrogen-bond acceptors (Lipinski definition) is 8. The van der Waals surface area contributed by atoms with E-state index in [9.17, 15) is 19.2 Å². The van der Waals surface area contributed by atoms with E-state index in [2.05, 4.69) is 16.0 Å². The van der Waals surface area contributed by atoms with Crippen LogP contribution in [0.2, 0.25) is 6.82 Å². The molecular weight excluding hydrogens is 479 g/mol. The van der Waals surface area contributed by atoms with Gasteiger partial charge in [-0.2, -0.15) is 0 Å². The summed E-state index contributed by atoms with van der Waals surface area (Å²) in [6, 6.07) is -0.709. The van der Waals surface area contributed by atoms with Crippen LogP contribution >= 0.6 is 0 Å². The van der Waals surface area contributed by atoms with Crippen LogP contribution in [0.3, 0.4) is 0 Å². The van der Waals surface area contributed by atoms with Crippen LogP contribution in [-0.4, -0.2) is 74.7 Å². The van der Waals surface area contributed by atoms with Gasteiger partial charge in [0.1, 0.15) is 5.60 Å². The van der Waals surface area contributed by atoms with Crippen molar-refractivity contribution in [2.45, 2.75) is 116 Å². The Kier molecular flexibility index (Phi) is 16.7. The first-order valence-electron chi connectivity index (χ1n) is 13.2. The smallest absolute Gasteiger partial charge is 0.407 e. The van der Waals surface area contributed by atoms with Crippen molar-refractivity contribution in [3.8, 4) is 0 Å². The second-order valence-corrected chi connectivity index (χ2v) is 10.9. The fraction of sp³-hybridized carbons (Fsp3) is 0.840. The summed E-state index contributed by atoms with van der Waals surface area (Å²) in [7, 11) is 2.02. The predicted molar refractivity (Wildman–Crippen MR) is 145 cm³/mol. The molecule has 0 aromatic rings. The molecule has 0 aliphatic rings. The SMILES string of the molecule is CBC(C)(C)OC(=O)NCCCCC(CC(=O)OC)NC(=O)CC(N)CCCCNC(=O)OC(C)(C)C. The van der Waals surface area contributed by atoms with Crippen LogP contribution in [0.1, 0.15) is 86.0 Å². The van der Waals surface area contributed by atoms with Gasteiger partial charge in [-0.25, -0.2) is 9.59 Å². The standard InChI is InChI=1S/C25H49BN4O7/c1-24(2,3)36-22(33)28-14-10-8-12-18(27)16-20(31)30-19(17-21(32)35-7)13-9-11-15-29-23(34)37-25(4,5)26-6/h18-19,26H,8-17,27H2,1-7H3,(H,28,33)(H,29,34)(H,30,31). The van der Waals surface area contributed by atoms with Crippen molar-refractivity contribution < 1.29 is 33.4 Å². The lowest BCUT2D eigenvalue weighted by molar-refractivity contribution is -0.141.